The van der Waals surface area contributed by atoms with Gasteiger partial charge in [-0.25, -0.2) is 0 Å². The third-order valence-electron chi connectivity index (χ3n) is 2.42. The molecule has 2 aromatic rings. The van der Waals surface area contributed by atoms with Crippen LogP contribution < -0.4 is 5.32 Å². The third kappa shape index (κ3) is 3.06. The summed E-state index contributed by atoms with van der Waals surface area (Å²) in [6, 6.07) is 11.2. The summed E-state index contributed by atoms with van der Waals surface area (Å²) in [4.78, 5) is 0. The highest BCUT2D eigenvalue weighted by molar-refractivity contribution is 7.07. The average Bonchev–Trinajstić information content (AvgIpc) is 2.90. The van der Waals surface area contributed by atoms with Crippen molar-refractivity contribution in [3.63, 3.8) is 0 Å². The molecule has 2 N–H and O–H groups in total. The quantitative estimate of drug-likeness (QED) is 0.869. The Balaban J connectivity index is 1.96. The summed E-state index contributed by atoms with van der Waals surface area (Å²) >= 11 is 1.56. The van der Waals surface area contributed by atoms with Gasteiger partial charge in [-0.05, 0) is 40.6 Å². The molecule has 1 aromatic carbocycles. The van der Waals surface area contributed by atoms with Crippen LogP contribution >= 0.6 is 11.3 Å². The van der Waals surface area contributed by atoms with E-state index in [4.69, 9.17) is 5.26 Å². The van der Waals surface area contributed by atoms with Gasteiger partial charge in [0.05, 0.1) is 17.7 Å². The molecule has 2 rings (SSSR count). The highest BCUT2D eigenvalue weighted by Gasteiger charge is 2.07. The van der Waals surface area contributed by atoms with Gasteiger partial charge in [-0.3, -0.25) is 0 Å². The Morgan fingerprint density at radius 2 is 2.29 bits per heavy atom. The monoisotopic (exact) mass is 244 g/mol. The third-order valence-corrected chi connectivity index (χ3v) is 3.12. The number of hydrogen-bond donors (Lipinski definition) is 2. The van der Waals surface area contributed by atoms with Gasteiger partial charge >= 0.3 is 0 Å². The van der Waals surface area contributed by atoms with Crippen LogP contribution in [0.15, 0.2) is 41.1 Å². The first-order valence-electron chi connectivity index (χ1n) is 5.24. The molecule has 0 amide bonds. The van der Waals surface area contributed by atoms with Crippen LogP contribution in [0.4, 0.5) is 5.69 Å². The second-order valence-electron chi connectivity index (χ2n) is 3.65. The summed E-state index contributed by atoms with van der Waals surface area (Å²) in [5, 5.41) is 25.6. The van der Waals surface area contributed by atoms with Gasteiger partial charge in [0.1, 0.15) is 0 Å². The van der Waals surface area contributed by atoms with Crippen molar-refractivity contribution in [2.24, 2.45) is 0 Å². The largest absolute Gasteiger partial charge is 0.387 e. The van der Waals surface area contributed by atoms with Crippen LogP contribution in [0.25, 0.3) is 0 Å². The van der Waals surface area contributed by atoms with E-state index in [-0.39, 0.29) is 0 Å². The molecule has 0 bridgehead atoms. The number of nitriles is 1. The fraction of sp³-hybridized carbons (Fsp3) is 0.154. The van der Waals surface area contributed by atoms with Crippen LogP contribution in [0.2, 0.25) is 0 Å². The number of nitrogens with zero attached hydrogens (tertiary/aromatic N) is 1. The molecule has 0 radical (unpaired) electrons. The van der Waals surface area contributed by atoms with Gasteiger partial charge in [-0.2, -0.15) is 16.6 Å². The minimum absolute atomic E-state index is 0.436. The molecule has 17 heavy (non-hydrogen) atoms. The lowest BCUT2D eigenvalue weighted by molar-refractivity contribution is 0.192. The summed E-state index contributed by atoms with van der Waals surface area (Å²) in [7, 11) is 0. The lowest BCUT2D eigenvalue weighted by Crippen LogP contribution is -2.11. The molecule has 0 saturated heterocycles. The van der Waals surface area contributed by atoms with E-state index >= 15 is 0 Å². The number of aliphatic hydroxyl groups excluding tert-OH is 1. The summed E-state index contributed by atoms with van der Waals surface area (Å²) in [6.45, 7) is 0.436. The van der Waals surface area contributed by atoms with E-state index in [0.717, 1.165) is 11.3 Å². The van der Waals surface area contributed by atoms with Crippen LogP contribution in [-0.4, -0.2) is 11.7 Å². The number of hydrogen-bond acceptors (Lipinski definition) is 4. The van der Waals surface area contributed by atoms with Crippen molar-refractivity contribution in [3.8, 4) is 6.07 Å². The summed E-state index contributed by atoms with van der Waals surface area (Å²) in [5.41, 5.74) is 2.37. The topological polar surface area (TPSA) is 56.0 Å². The van der Waals surface area contributed by atoms with Crippen LogP contribution in [0.1, 0.15) is 17.2 Å². The Hall–Kier alpha value is -1.83. The van der Waals surface area contributed by atoms with E-state index in [1.54, 1.807) is 23.5 Å². The molecule has 0 saturated carbocycles. The Morgan fingerprint density at radius 1 is 1.41 bits per heavy atom. The molecule has 0 aliphatic heterocycles. The first kappa shape index (κ1) is 11.6. The Labute approximate surface area is 104 Å². The molecule has 0 aliphatic rings. The molecule has 1 unspecified atom stereocenters. The second kappa shape index (κ2) is 5.48. The molecule has 0 fully saturated rings. The maximum Gasteiger partial charge on any atom is 0.0992 e. The van der Waals surface area contributed by atoms with E-state index < -0.39 is 6.10 Å². The number of aliphatic hydroxyl groups is 1. The minimum atomic E-state index is -0.521. The maximum atomic E-state index is 9.88. The van der Waals surface area contributed by atoms with Crippen LogP contribution in [0.5, 0.6) is 0 Å². The van der Waals surface area contributed by atoms with E-state index in [9.17, 15) is 5.11 Å². The first-order valence-corrected chi connectivity index (χ1v) is 6.18. The van der Waals surface area contributed by atoms with Gasteiger partial charge in [0.15, 0.2) is 0 Å². The van der Waals surface area contributed by atoms with Crippen molar-refractivity contribution < 1.29 is 5.11 Å². The zero-order valence-electron chi connectivity index (χ0n) is 9.13. The Morgan fingerprint density at radius 3 is 3.00 bits per heavy atom. The Bertz CT molecular complexity index is 516. The molecular weight excluding hydrogens is 232 g/mol. The molecule has 1 atom stereocenters. The van der Waals surface area contributed by atoms with Crippen molar-refractivity contribution in [2.75, 3.05) is 11.9 Å². The molecular formula is C13H12N2OS. The zero-order chi connectivity index (χ0) is 12.1. The fourth-order valence-corrected chi connectivity index (χ4v) is 2.20. The number of nitrogens with one attached hydrogen (secondary N) is 1. The number of anilines is 1. The summed E-state index contributed by atoms with van der Waals surface area (Å²) < 4.78 is 0. The van der Waals surface area contributed by atoms with Gasteiger partial charge < -0.3 is 10.4 Å². The Kier molecular flexibility index (Phi) is 3.76. The fourth-order valence-electron chi connectivity index (χ4n) is 1.50. The molecule has 4 heteroatoms. The van der Waals surface area contributed by atoms with E-state index in [1.165, 1.54) is 0 Å². The predicted octanol–water partition coefficient (Wildman–Crippen LogP) is 2.77. The summed E-state index contributed by atoms with van der Waals surface area (Å²) in [5.74, 6) is 0. The lowest BCUT2D eigenvalue weighted by atomic mass is 10.2. The van der Waals surface area contributed by atoms with Gasteiger partial charge in [-0.1, -0.05) is 6.07 Å². The molecule has 0 aliphatic carbocycles. The zero-order valence-corrected chi connectivity index (χ0v) is 9.95. The second-order valence-corrected chi connectivity index (χ2v) is 4.43. The van der Waals surface area contributed by atoms with Crippen molar-refractivity contribution in [2.45, 2.75) is 6.10 Å². The van der Waals surface area contributed by atoms with Gasteiger partial charge in [-0.15, -0.1) is 0 Å². The molecule has 3 nitrogen and oxygen atoms in total. The van der Waals surface area contributed by atoms with Crippen molar-refractivity contribution in [3.05, 3.63) is 52.2 Å². The predicted molar refractivity (Wildman–Crippen MR) is 68.9 cm³/mol. The number of benzene rings is 1. The molecule has 1 aromatic heterocycles. The lowest BCUT2D eigenvalue weighted by Gasteiger charge is -2.11. The highest BCUT2D eigenvalue weighted by atomic mass is 32.1. The first-order chi connectivity index (χ1) is 8.29. The van der Waals surface area contributed by atoms with Crippen LogP contribution in [-0.2, 0) is 0 Å². The molecule has 86 valence electrons. The smallest absolute Gasteiger partial charge is 0.0992 e. The number of thiophene rings is 1. The van der Waals surface area contributed by atoms with Crippen molar-refractivity contribution >= 4 is 17.0 Å². The van der Waals surface area contributed by atoms with Crippen molar-refractivity contribution in [1.82, 2.24) is 0 Å². The molecule has 1 heterocycles. The van der Waals surface area contributed by atoms with Gasteiger partial charge in [0, 0.05) is 12.2 Å². The van der Waals surface area contributed by atoms with Gasteiger partial charge in [0.2, 0.25) is 0 Å². The molecule has 0 spiro atoms. The SMILES string of the molecule is N#Cc1cccc(NCC(O)c2ccsc2)c1. The normalized spacial score (nSPS) is 11.8. The standard InChI is InChI=1S/C13H12N2OS/c14-7-10-2-1-3-12(6-10)15-8-13(16)11-4-5-17-9-11/h1-6,9,13,15-16H,8H2. The van der Waals surface area contributed by atoms with E-state index in [0.29, 0.717) is 12.1 Å². The number of rotatable bonds is 4. The highest BCUT2D eigenvalue weighted by Crippen LogP contribution is 2.17. The van der Waals surface area contributed by atoms with Crippen molar-refractivity contribution in [1.29, 1.82) is 5.26 Å². The van der Waals surface area contributed by atoms with Crippen LogP contribution in [0, 0.1) is 11.3 Å². The summed E-state index contributed by atoms with van der Waals surface area (Å²) in [6.07, 6.45) is -0.521. The maximum absolute atomic E-state index is 9.88. The van der Waals surface area contributed by atoms with Crippen LogP contribution in [0.3, 0.4) is 0 Å². The minimum Gasteiger partial charge on any atom is -0.387 e. The van der Waals surface area contributed by atoms with E-state index in [2.05, 4.69) is 11.4 Å². The van der Waals surface area contributed by atoms with Gasteiger partial charge in [0.25, 0.3) is 0 Å². The van der Waals surface area contributed by atoms with E-state index in [1.807, 2.05) is 29.0 Å². The average molecular weight is 244 g/mol.